The molecule has 0 aliphatic rings. The molecule has 0 fully saturated rings. The lowest BCUT2D eigenvalue weighted by molar-refractivity contribution is 0.610. The van der Waals surface area contributed by atoms with Gasteiger partial charge in [0.2, 0.25) is 5.71 Å². The second-order valence-electron chi connectivity index (χ2n) is 2.11. The molecule has 4 N–H and O–H groups in total. The van der Waals surface area contributed by atoms with Crippen molar-refractivity contribution in [2.45, 2.75) is 0 Å². The highest BCUT2D eigenvalue weighted by Gasteiger charge is 2.05. The van der Waals surface area contributed by atoms with Gasteiger partial charge in [-0.3, -0.25) is 4.40 Å². The number of rotatable bonds is 0. The molecule has 0 unspecified atom stereocenters. The molecule has 4 nitrogen and oxygen atoms in total. The summed E-state index contributed by atoms with van der Waals surface area (Å²) in [7, 11) is 0. The van der Waals surface area contributed by atoms with Gasteiger partial charge in [-0.15, -0.1) is 0 Å². The minimum atomic E-state index is 0.505. The lowest BCUT2D eigenvalue weighted by atomic mass is 10.5. The van der Waals surface area contributed by atoms with Crippen LogP contribution in [0.4, 0.5) is 11.4 Å². The lowest BCUT2D eigenvalue weighted by Gasteiger charge is -1.84. The normalized spacial score (nSPS) is 10.8. The summed E-state index contributed by atoms with van der Waals surface area (Å²) in [6, 6.07) is 0. The quantitative estimate of drug-likeness (QED) is 0.561. The number of anilines is 2. The molecule has 2 aromatic rings. The van der Waals surface area contributed by atoms with Crippen LogP contribution in [0, 0.1) is 0 Å². The standard InChI is InChI=1S/C6H7N3O/c7-4-3-9-1-2-10-6(9)5(4)8/h1-3H,7-8H2. The highest BCUT2D eigenvalue weighted by Crippen LogP contribution is 2.22. The van der Waals surface area contributed by atoms with Crippen LogP contribution in [-0.2, 0) is 0 Å². The number of hydrogen-bond donors (Lipinski definition) is 2. The van der Waals surface area contributed by atoms with Crippen LogP contribution in [0.3, 0.4) is 0 Å². The predicted molar refractivity (Wildman–Crippen MR) is 38.5 cm³/mol. The fraction of sp³-hybridized carbons (Fsp3) is 0. The van der Waals surface area contributed by atoms with E-state index in [4.69, 9.17) is 15.9 Å². The number of hydrogen-bond acceptors (Lipinski definition) is 3. The lowest BCUT2D eigenvalue weighted by Crippen LogP contribution is -1.88. The highest BCUT2D eigenvalue weighted by atomic mass is 16.3. The molecule has 0 saturated carbocycles. The molecule has 0 spiro atoms. The first-order valence-corrected chi connectivity index (χ1v) is 2.88. The molecular weight excluding hydrogens is 130 g/mol. The van der Waals surface area contributed by atoms with E-state index in [0.29, 0.717) is 17.1 Å². The maximum atomic E-state index is 5.54. The summed E-state index contributed by atoms with van der Waals surface area (Å²) >= 11 is 0. The average molecular weight is 137 g/mol. The second-order valence-corrected chi connectivity index (χ2v) is 2.11. The van der Waals surface area contributed by atoms with E-state index >= 15 is 0 Å². The Morgan fingerprint density at radius 3 is 2.90 bits per heavy atom. The van der Waals surface area contributed by atoms with Gasteiger partial charge in [-0.2, -0.15) is 0 Å². The minimum absolute atomic E-state index is 0.505. The first-order valence-electron chi connectivity index (χ1n) is 2.88. The molecule has 0 aliphatic carbocycles. The van der Waals surface area contributed by atoms with Gasteiger partial charge < -0.3 is 15.9 Å². The molecule has 2 aromatic heterocycles. The van der Waals surface area contributed by atoms with Gasteiger partial charge in [-0.1, -0.05) is 0 Å². The Bertz CT molecular complexity index is 360. The molecule has 0 aliphatic heterocycles. The van der Waals surface area contributed by atoms with Gasteiger partial charge in [0, 0.05) is 12.4 Å². The van der Waals surface area contributed by atoms with Crippen LogP contribution in [0.5, 0.6) is 0 Å². The smallest absolute Gasteiger partial charge is 0.228 e. The van der Waals surface area contributed by atoms with Crippen LogP contribution in [-0.4, -0.2) is 4.40 Å². The number of fused-ring (bicyclic) bond motifs is 1. The van der Waals surface area contributed by atoms with Crippen molar-refractivity contribution in [1.29, 1.82) is 0 Å². The maximum Gasteiger partial charge on any atom is 0.228 e. The van der Waals surface area contributed by atoms with Crippen LogP contribution in [0.25, 0.3) is 5.71 Å². The summed E-state index contributed by atoms with van der Waals surface area (Å²) in [6.07, 6.45) is 5.03. The second kappa shape index (κ2) is 1.47. The van der Waals surface area contributed by atoms with Crippen LogP contribution in [0.15, 0.2) is 23.1 Å². The molecule has 0 radical (unpaired) electrons. The van der Waals surface area contributed by atoms with Crippen LogP contribution < -0.4 is 11.5 Å². The number of aromatic nitrogens is 1. The molecule has 0 aromatic carbocycles. The highest BCUT2D eigenvalue weighted by molar-refractivity contribution is 5.78. The van der Waals surface area contributed by atoms with Crippen molar-refractivity contribution < 1.29 is 4.42 Å². The molecule has 0 saturated heterocycles. The first kappa shape index (κ1) is 5.22. The minimum Gasteiger partial charge on any atom is -0.444 e. The zero-order chi connectivity index (χ0) is 7.14. The third-order valence-electron chi connectivity index (χ3n) is 1.46. The summed E-state index contributed by atoms with van der Waals surface area (Å²) in [5.41, 5.74) is 12.7. The van der Waals surface area contributed by atoms with Gasteiger partial charge in [0.1, 0.15) is 12.0 Å². The van der Waals surface area contributed by atoms with Crippen LogP contribution in [0.1, 0.15) is 0 Å². The molecular formula is C6H7N3O. The molecule has 10 heavy (non-hydrogen) atoms. The van der Waals surface area contributed by atoms with Crippen molar-refractivity contribution in [2.75, 3.05) is 11.5 Å². The van der Waals surface area contributed by atoms with Gasteiger partial charge in [-0.05, 0) is 0 Å². The Balaban J connectivity index is 2.95. The van der Waals surface area contributed by atoms with Crippen molar-refractivity contribution >= 4 is 17.1 Å². The van der Waals surface area contributed by atoms with E-state index < -0.39 is 0 Å². The van der Waals surface area contributed by atoms with E-state index in [9.17, 15) is 0 Å². The van der Waals surface area contributed by atoms with E-state index in [2.05, 4.69) is 0 Å². The summed E-state index contributed by atoms with van der Waals surface area (Å²) in [4.78, 5) is 0. The SMILES string of the molecule is Nc1cn2ccoc2c1N. The first-order chi connectivity index (χ1) is 4.79. The Morgan fingerprint density at radius 1 is 1.40 bits per heavy atom. The number of nitrogen functional groups attached to an aromatic ring is 2. The maximum absolute atomic E-state index is 5.54. The third kappa shape index (κ3) is 0.452. The fourth-order valence-electron chi connectivity index (χ4n) is 0.936. The molecule has 4 heteroatoms. The molecule has 0 bridgehead atoms. The van der Waals surface area contributed by atoms with Crippen molar-refractivity contribution in [3.8, 4) is 0 Å². The Hall–Kier alpha value is -1.58. The molecule has 52 valence electrons. The molecule has 0 amide bonds. The van der Waals surface area contributed by atoms with Crippen LogP contribution in [0.2, 0.25) is 0 Å². The molecule has 0 atom stereocenters. The Morgan fingerprint density at radius 2 is 2.20 bits per heavy atom. The van der Waals surface area contributed by atoms with Gasteiger partial charge in [0.25, 0.3) is 0 Å². The number of nitrogens with two attached hydrogens (primary N) is 2. The largest absolute Gasteiger partial charge is 0.444 e. The van der Waals surface area contributed by atoms with Gasteiger partial charge in [-0.25, -0.2) is 0 Å². The van der Waals surface area contributed by atoms with Gasteiger partial charge in [0.05, 0.1) is 5.69 Å². The van der Waals surface area contributed by atoms with E-state index in [-0.39, 0.29) is 0 Å². The Kier molecular flexibility index (Phi) is 0.768. The monoisotopic (exact) mass is 137 g/mol. The molecule has 2 rings (SSSR count). The number of oxazole rings is 1. The van der Waals surface area contributed by atoms with Gasteiger partial charge in [0.15, 0.2) is 0 Å². The topological polar surface area (TPSA) is 69.6 Å². The van der Waals surface area contributed by atoms with E-state index in [1.165, 1.54) is 0 Å². The van der Waals surface area contributed by atoms with Crippen molar-refractivity contribution in [1.82, 2.24) is 4.40 Å². The van der Waals surface area contributed by atoms with Crippen molar-refractivity contribution in [3.63, 3.8) is 0 Å². The van der Waals surface area contributed by atoms with E-state index in [0.717, 1.165) is 0 Å². The summed E-state index contributed by atoms with van der Waals surface area (Å²) < 4.78 is 6.77. The van der Waals surface area contributed by atoms with E-state index in [1.54, 1.807) is 23.1 Å². The van der Waals surface area contributed by atoms with Gasteiger partial charge >= 0.3 is 0 Å². The Labute approximate surface area is 57.0 Å². The zero-order valence-corrected chi connectivity index (χ0v) is 5.24. The summed E-state index contributed by atoms with van der Waals surface area (Å²) in [5.74, 6) is 0. The van der Waals surface area contributed by atoms with Crippen molar-refractivity contribution in [2.24, 2.45) is 0 Å². The zero-order valence-electron chi connectivity index (χ0n) is 5.24. The summed E-state index contributed by atoms with van der Waals surface area (Å²) in [5, 5.41) is 0. The predicted octanol–water partition coefficient (Wildman–Crippen LogP) is 0.697. The molecule has 2 heterocycles. The number of nitrogens with zero attached hydrogens (tertiary/aromatic N) is 1. The fourth-order valence-corrected chi connectivity index (χ4v) is 0.936. The third-order valence-corrected chi connectivity index (χ3v) is 1.46. The van der Waals surface area contributed by atoms with E-state index in [1.807, 2.05) is 0 Å². The van der Waals surface area contributed by atoms with Crippen molar-refractivity contribution in [3.05, 3.63) is 18.7 Å². The average Bonchev–Trinajstić information content (AvgIpc) is 2.41. The summed E-state index contributed by atoms with van der Waals surface area (Å²) in [6.45, 7) is 0. The van der Waals surface area contributed by atoms with Crippen LogP contribution >= 0.6 is 0 Å².